The largest absolute Gasteiger partial charge is 0.303 e. The molecule has 0 saturated carbocycles. The Kier molecular flexibility index (Phi) is 4.56. The Bertz CT molecular complexity index is 228. The summed E-state index contributed by atoms with van der Waals surface area (Å²) in [6.07, 6.45) is 4.89. The highest BCUT2D eigenvalue weighted by Crippen LogP contribution is 2.19. The van der Waals surface area contributed by atoms with Crippen LogP contribution in [-0.2, 0) is 0 Å². The highest BCUT2D eigenvalue weighted by Gasteiger charge is 2.27. The van der Waals surface area contributed by atoms with Crippen LogP contribution in [0, 0.1) is 11.3 Å². The van der Waals surface area contributed by atoms with Crippen LogP contribution >= 0.6 is 0 Å². The molecule has 2 unspecified atom stereocenters. The third-order valence-corrected chi connectivity index (χ3v) is 3.52. The van der Waals surface area contributed by atoms with Crippen LogP contribution < -0.4 is 5.32 Å². The molecule has 1 aliphatic rings. The Morgan fingerprint density at radius 2 is 2.00 bits per heavy atom. The van der Waals surface area contributed by atoms with E-state index in [1.54, 1.807) is 0 Å². The van der Waals surface area contributed by atoms with Crippen LogP contribution in [0.4, 0.5) is 0 Å². The van der Waals surface area contributed by atoms with Gasteiger partial charge in [-0.15, -0.1) is 0 Å². The maximum absolute atomic E-state index is 9.10. The molecule has 15 heavy (non-hydrogen) atoms. The second-order valence-corrected chi connectivity index (χ2v) is 4.84. The van der Waals surface area contributed by atoms with Crippen LogP contribution in [0.15, 0.2) is 0 Å². The second kappa shape index (κ2) is 5.48. The molecule has 0 aromatic heterocycles. The number of likely N-dealkylation sites (tertiary alicyclic amines) is 1. The quantitative estimate of drug-likeness (QED) is 0.766. The number of nitrogens with zero attached hydrogens (tertiary/aromatic N) is 2. The summed E-state index contributed by atoms with van der Waals surface area (Å²) in [7, 11) is 1.87. The first-order valence-electron chi connectivity index (χ1n) is 5.95. The third kappa shape index (κ3) is 3.48. The zero-order chi connectivity index (χ0) is 11.3. The van der Waals surface area contributed by atoms with E-state index in [4.69, 9.17) is 5.26 Å². The van der Waals surface area contributed by atoms with Crippen LogP contribution in [0.2, 0.25) is 0 Å². The Balaban J connectivity index is 2.46. The monoisotopic (exact) mass is 209 g/mol. The van der Waals surface area contributed by atoms with Gasteiger partial charge in [-0.2, -0.15) is 5.26 Å². The van der Waals surface area contributed by atoms with Gasteiger partial charge in [-0.1, -0.05) is 6.42 Å². The molecule has 0 aromatic carbocycles. The van der Waals surface area contributed by atoms with Gasteiger partial charge in [-0.3, -0.25) is 0 Å². The molecule has 0 bridgehead atoms. The summed E-state index contributed by atoms with van der Waals surface area (Å²) in [5.74, 6) is 0. The van der Waals surface area contributed by atoms with Crippen molar-refractivity contribution in [3.8, 4) is 6.07 Å². The minimum Gasteiger partial charge on any atom is -0.303 e. The number of nitriles is 1. The molecule has 1 saturated heterocycles. The SMILES string of the molecule is CNC(C)(C#N)CC(C)N1CCCCC1. The number of rotatable bonds is 4. The van der Waals surface area contributed by atoms with Gasteiger partial charge in [0.1, 0.15) is 5.54 Å². The molecule has 1 aliphatic heterocycles. The van der Waals surface area contributed by atoms with E-state index in [-0.39, 0.29) is 5.54 Å². The molecule has 0 radical (unpaired) electrons. The van der Waals surface area contributed by atoms with Crippen molar-refractivity contribution in [1.82, 2.24) is 10.2 Å². The van der Waals surface area contributed by atoms with Gasteiger partial charge in [0.25, 0.3) is 0 Å². The number of hydrogen-bond donors (Lipinski definition) is 1. The van der Waals surface area contributed by atoms with E-state index in [9.17, 15) is 0 Å². The van der Waals surface area contributed by atoms with Crippen molar-refractivity contribution < 1.29 is 0 Å². The van der Waals surface area contributed by atoms with Crippen molar-refractivity contribution >= 4 is 0 Å². The standard InChI is InChI=1S/C12H23N3/c1-11(9-12(2,10-13)14-3)15-7-5-4-6-8-15/h11,14H,4-9H2,1-3H3. The summed E-state index contributed by atoms with van der Waals surface area (Å²) in [6.45, 7) is 6.62. The van der Waals surface area contributed by atoms with Crippen molar-refractivity contribution in [3.63, 3.8) is 0 Å². The zero-order valence-electron chi connectivity index (χ0n) is 10.2. The number of nitrogens with one attached hydrogen (secondary N) is 1. The van der Waals surface area contributed by atoms with E-state index in [2.05, 4.69) is 23.2 Å². The summed E-state index contributed by atoms with van der Waals surface area (Å²) in [4.78, 5) is 2.51. The summed E-state index contributed by atoms with van der Waals surface area (Å²) >= 11 is 0. The molecule has 3 heteroatoms. The maximum Gasteiger partial charge on any atom is 0.105 e. The lowest BCUT2D eigenvalue weighted by Gasteiger charge is -2.35. The Morgan fingerprint density at radius 3 is 2.47 bits per heavy atom. The van der Waals surface area contributed by atoms with Gasteiger partial charge < -0.3 is 10.2 Å². The third-order valence-electron chi connectivity index (χ3n) is 3.52. The molecule has 0 aliphatic carbocycles. The van der Waals surface area contributed by atoms with E-state index in [1.165, 1.54) is 32.4 Å². The first-order valence-corrected chi connectivity index (χ1v) is 5.95. The molecule has 1 heterocycles. The molecule has 0 aromatic rings. The number of piperidine rings is 1. The van der Waals surface area contributed by atoms with E-state index in [1.807, 2.05) is 14.0 Å². The lowest BCUT2D eigenvalue weighted by Crippen LogP contribution is -2.46. The van der Waals surface area contributed by atoms with Gasteiger partial charge >= 0.3 is 0 Å². The second-order valence-electron chi connectivity index (χ2n) is 4.84. The first kappa shape index (κ1) is 12.5. The van der Waals surface area contributed by atoms with Gasteiger partial charge in [0, 0.05) is 6.04 Å². The molecular formula is C12H23N3. The van der Waals surface area contributed by atoms with Crippen LogP contribution in [0.25, 0.3) is 0 Å². The minimum absolute atomic E-state index is 0.378. The first-order chi connectivity index (χ1) is 7.11. The molecule has 1 rings (SSSR count). The summed E-state index contributed by atoms with van der Waals surface area (Å²) in [5, 5.41) is 12.2. The van der Waals surface area contributed by atoms with Gasteiger partial charge in [-0.05, 0) is 53.2 Å². The molecule has 3 nitrogen and oxygen atoms in total. The zero-order valence-corrected chi connectivity index (χ0v) is 10.2. The normalized spacial score (nSPS) is 24.1. The van der Waals surface area contributed by atoms with Gasteiger partial charge in [0.2, 0.25) is 0 Å². The van der Waals surface area contributed by atoms with Gasteiger partial charge in [0.05, 0.1) is 6.07 Å². The van der Waals surface area contributed by atoms with Crippen molar-refractivity contribution in [1.29, 1.82) is 5.26 Å². The van der Waals surface area contributed by atoms with Crippen LogP contribution in [0.5, 0.6) is 0 Å². The molecule has 1 fully saturated rings. The van der Waals surface area contributed by atoms with Crippen LogP contribution in [0.1, 0.15) is 39.5 Å². The average molecular weight is 209 g/mol. The summed E-state index contributed by atoms with van der Waals surface area (Å²) < 4.78 is 0. The summed E-state index contributed by atoms with van der Waals surface area (Å²) in [5.41, 5.74) is -0.378. The lowest BCUT2D eigenvalue weighted by atomic mass is 9.94. The van der Waals surface area contributed by atoms with Crippen LogP contribution in [-0.4, -0.2) is 36.6 Å². The predicted octanol–water partition coefficient (Wildman–Crippen LogP) is 1.75. The molecule has 1 N–H and O–H groups in total. The minimum atomic E-state index is -0.378. The summed E-state index contributed by atoms with van der Waals surface area (Å²) in [6, 6.07) is 2.86. The van der Waals surface area contributed by atoms with E-state index in [0.29, 0.717) is 6.04 Å². The average Bonchev–Trinajstić information content (AvgIpc) is 2.30. The Hall–Kier alpha value is -0.590. The Labute approximate surface area is 93.5 Å². The topological polar surface area (TPSA) is 39.1 Å². The molecular weight excluding hydrogens is 186 g/mol. The highest BCUT2D eigenvalue weighted by atomic mass is 15.2. The van der Waals surface area contributed by atoms with Gasteiger partial charge in [-0.25, -0.2) is 0 Å². The molecule has 0 spiro atoms. The maximum atomic E-state index is 9.10. The molecule has 0 amide bonds. The van der Waals surface area contributed by atoms with Crippen molar-refractivity contribution in [2.24, 2.45) is 0 Å². The number of hydrogen-bond acceptors (Lipinski definition) is 3. The van der Waals surface area contributed by atoms with Crippen molar-refractivity contribution in [2.75, 3.05) is 20.1 Å². The van der Waals surface area contributed by atoms with Crippen molar-refractivity contribution in [2.45, 2.75) is 51.1 Å². The van der Waals surface area contributed by atoms with E-state index in [0.717, 1.165) is 6.42 Å². The fraction of sp³-hybridized carbons (Fsp3) is 0.917. The van der Waals surface area contributed by atoms with E-state index < -0.39 is 0 Å². The predicted molar refractivity (Wildman–Crippen MR) is 62.6 cm³/mol. The van der Waals surface area contributed by atoms with E-state index >= 15 is 0 Å². The lowest BCUT2D eigenvalue weighted by molar-refractivity contribution is 0.150. The molecule has 86 valence electrons. The van der Waals surface area contributed by atoms with Crippen molar-refractivity contribution in [3.05, 3.63) is 0 Å². The highest BCUT2D eigenvalue weighted by molar-refractivity contribution is 5.04. The van der Waals surface area contributed by atoms with Crippen LogP contribution in [0.3, 0.4) is 0 Å². The molecule has 2 atom stereocenters. The fourth-order valence-corrected chi connectivity index (χ4v) is 2.28. The Morgan fingerprint density at radius 1 is 1.40 bits per heavy atom. The smallest absolute Gasteiger partial charge is 0.105 e. The van der Waals surface area contributed by atoms with Gasteiger partial charge in [0.15, 0.2) is 0 Å². The fourth-order valence-electron chi connectivity index (χ4n) is 2.28.